The van der Waals surface area contributed by atoms with Crippen LogP contribution in [-0.4, -0.2) is 52.7 Å². The van der Waals surface area contributed by atoms with Crippen molar-refractivity contribution in [1.29, 1.82) is 0 Å². The second kappa shape index (κ2) is 11.5. The van der Waals surface area contributed by atoms with E-state index in [9.17, 15) is 9.59 Å². The molecule has 3 heterocycles. The average molecular weight is 503 g/mol. The summed E-state index contributed by atoms with van der Waals surface area (Å²) < 4.78 is 11.1. The van der Waals surface area contributed by atoms with Crippen LogP contribution in [0.4, 0.5) is 0 Å². The SMILES string of the molecule is O=C(CCN(C[C@H]1CCCO1)C(=O)c1cc(-c2ccc(Cl)cc2Cl)on1)NCc1ccncc1. The van der Waals surface area contributed by atoms with Crippen molar-refractivity contribution in [2.75, 3.05) is 19.7 Å². The molecule has 34 heavy (non-hydrogen) atoms. The van der Waals surface area contributed by atoms with Crippen molar-refractivity contribution < 1.29 is 18.8 Å². The van der Waals surface area contributed by atoms with Gasteiger partial charge in [0, 0.05) is 61.7 Å². The second-order valence-electron chi connectivity index (χ2n) is 7.97. The van der Waals surface area contributed by atoms with Crippen LogP contribution in [0, 0.1) is 0 Å². The maximum atomic E-state index is 13.3. The number of amides is 2. The van der Waals surface area contributed by atoms with Crippen molar-refractivity contribution in [1.82, 2.24) is 20.4 Å². The van der Waals surface area contributed by atoms with E-state index in [2.05, 4.69) is 15.5 Å². The lowest BCUT2D eigenvalue weighted by Gasteiger charge is -2.24. The summed E-state index contributed by atoms with van der Waals surface area (Å²) in [6, 6.07) is 10.2. The Morgan fingerprint density at radius 2 is 1.97 bits per heavy atom. The smallest absolute Gasteiger partial charge is 0.276 e. The van der Waals surface area contributed by atoms with E-state index in [0.717, 1.165) is 18.4 Å². The van der Waals surface area contributed by atoms with Crippen LogP contribution in [0.15, 0.2) is 53.3 Å². The summed E-state index contributed by atoms with van der Waals surface area (Å²) in [6.07, 6.45) is 5.24. The molecule has 0 bridgehead atoms. The van der Waals surface area contributed by atoms with Crippen molar-refractivity contribution in [3.8, 4) is 11.3 Å². The maximum absolute atomic E-state index is 13.3. The summed E-state index contributed by atoms with van der Waals surface area (Å²) in [4.78, 5) is 31.2. The number of benzene rings is 1. The molecular formula is C24H24Cl2N4O4. The van der Waals surface area contributed by atoms with Gasteiger partial charge in [0.2, 0.25) is 5.91 Å². The van der Waals surface area contributed by atoms with Gasteiger partial charge >= 0.3 is 0 Å². The average Bonchev–Trinajstić information content (AvgIpc) is 3.53. The summed E-state index contributed by atoms with van der Waals surface area (Å²) in [7, 11) is 0. The molecule has 1 fully saturated rings. The molecular weight excluding hydrogens is 479 g/mol. The first-order valence-corrected chi connectivity index (χ1v) is 11.7. The minimum atomic E-state index is -0.336. The normalized spacial score (nSPS) is 15.3. The third kappa shape index (κ3) is 6.34. The van der Waals surface area contributed by atoms with Gasteiger partial charge in [-0.25, -0.2) is 0 Å². The molecule has 1 atom stereocenters. The molecule has 2 aromatic heterocycles. The Labute approximate surface area is 207 Å². The van der Waals surface area contributed by atoms with Gasteiger partial charge in [-0.2, -0.15) is 0 Å². The zero-order valence-electron chi connectivity index (χ0n) is 18.4. The van der Waals surface area contributed by atoms with Gasteiger partial charge in [-0.05, 0) is 48.7 Å². The Hall–Kier alpha value is -2.94. The molecule has 1 N–H and O–H groups in total. The van der Waals surface area contributed by atoms with Gasteiger partial charge in [0.15, 0.2) is 11.5 Å². The number of hydrogen-bond acceptors (Lipinski definition) is 6. The Balaban J connectivity index is 1.42. The quantitative estimate of drug-likeness (QED) is 0.466. The predicted octanol–water partition coefficient (Wildman–Crippen LogP) is 4.37. The summed E-state index contributed by atoms with van der Waals surface area (Å²) >= 11 is 12.2. The third-order valence-electron chi connectivity index (χ3n) is 5.51. The summed E-state index contributed by atoms with van der Waals surface area (Å²) in [5.41, 5.74) is 1.67. The van der Waals surface area contributed by atoms with Crippen molar-refractivity contribution in [3.63, 3.8) is 0 Å². The molecule has 1 aliphatic rings. The van der Waals surface area contributed by atoms with Crippen LogP contribution in [0.2, 0.25) is 10.0 Å². The fraction of sp³-hybridized carbons (Fsp3) is 0.333. The van der Waals surface area contributed by atoms with Gasteiger partial charge in [-0.15, -0.1) is 0 Å². The Morgan fingerprint density at radius 1 is 1.15 bits per heavy atom. The molecule has 1 aliphatic heterocycles. The van der Waals surface area contributed by atoms with Crippen LogP contribution in [0.25, 0.3) is 11.3 Å². The lowest BCUT2D eigenvalue weighted by Crippen LogP contribution is -2.40. The number of nitrogens with zero attached hydrogens (tertiary/aromatic N) is 3. The van der Waals surface area contributed by atoms with E-state index in [-0.39, 0.29) is 36.6 Å². The molecule has 0 aliphatic carbocycles. The van der Waals surface area contributed by atoms with Crippen molar-refractivity contribution >= 4 is 35.0 Å². The molecule has 2 amide bonds. The van der Waals surface area contributed by atoms with E-state index in [1.165, 1.54) is 0 Å². The highest BCUT2D eigenvalue weighted by Crippen LogP contribution is 2.31. The van der Waals surface area contributed by atoms with Crippen LogP contribution >= 0.6 is 23.2 Å². The highest BCUT2D eigenvalue weighted by atomic mass is 35.5. The molecule has 1 aromatic carbocycles. The molecule has 0 spiro atoms. The van der Waals surface area contributed by atoms with E-state index >= 15 is 0 Å². The Kier molecular flexibility index (Phi) is 8.16. The summed E-state index contributed by atoms with van der Waals surface area (Å²) in [6.45, 7) is 1.67. The largest absolute Gasteiger partial charge is 0.376 e. The van der Waals surface area contributed by atoms with Crippen LogP contribution in [0.5, 0.6) is 0 Å². The molecule has 178 valence electrons. The van der Waals surface area contributed by atoms with Crippen LogP contribution in [-0.2, 0) is 16.1 Å². The minimum Gasteiger partial charge on any atom is -0.376 e. The van der Waals surface area contributed by atoms with Gasteiger partial charge in [0.25, 0.3) is 5.91 Å². The van der Waals surface area contributed by atoms with E-state index in [1.807, 2.05) is 12.1 Å². The molecule has 10 heteroatoms. The number of rotatable bonds is 9. The van der Waals surface area contributed by atoms with Gasteiger partial charge in [0.1, 0.15) is 0 Å². The number of carbonyl (C=O) groups excluding carboxylic acids is 2. The summed E-state index contributed by atoms with van der Waals surface area (Å²) in [5.74, 6) is -0.134. The van der Waals surface area contributed by atoms with Gasteiger partial charge in [-0.1, -0.05) is 28.4 Å². The highest BCUT2D eigenvalue weighted by molar-refractivity contribution is 6.36. The van der Waals surface area contributed by atoms with Gasteiger partial charge < -0.3 is 19.5 Å². The van der Waals surface area contributed by atoms with Gasteiger partial charge in [0.05, 0.1) is 11.1 Å². The van der Waals surface area contributed by atoms with E-state index in [0.29, 0.717) is 41.1 Å². The number of hydrogen-bond donors (Lipinski definition) is 1. The van der Waals surface area contributed by atoms with E-state index in [4.69, 9.17) is 32.5 Å². The first kappa shape index (κ1) is 24.2. The maximum Gasteiger partial charge on any atom is 0.276 e. The van der Waals surface area contributed by atoms with Crippen LogP contribution in [0.1, 0.15) is 35.3 Å². The van der Waals surface area contributed by atoms with E-state index < -0.39 is 0 Å². The first-order chi connectivity index (χ1) is 16.5. The third-order valence-corrected chi connectivity index (χ3v) is 6.06. The molecule has 8 nitrogen and oxygen atoms in total. The van der Waals surface area contributed by atoms with E-state index in [1.54, 1.807) is 41.6 Å². The Morgan fingerprint density at radius 3 is 2.71 bits per heavy atom. The number of ether oxygens (including phenoxy) is 1. The molecule has 1 saturated heterocycles. The number of pyridine rings is 1. The minimum absolute atomic E-state index is 0.0686. The lowest BCUT2D eigenvalue weighted by atomic mass is 10.1. The summed E-state index contributed by atoms with van der Waals surface area (Å²) in [5, 5.41) is 7.71. The topological polar surface area (TPSA) is 97.6 Å². The van der Waals surface area contributed by atoms with Gasteiger partial charge in [-0.3, -0.25) is 14.6 Å². The molecule has 3 aromatic rings. The number of nitrogens with one attached hydrogen (secondary N) is 1. The zero-order chi connectivity index (χ0) is 23.9. The first-order valence-electron chi connectivity index (χ1n) is 11.0. The number of aromatic nitrogens is 2. The van der Waals surface area contributed by atoms with Crippen LogP contribution in [0.3, 0.4) is 0 Å². The number of halogens is 2. The molecule has 4 rings (SSSR count). The fourth-order valence-electron chi connectivity index (χ4n) is 3.69. The fourth-order valence-corrected chi connectivity index (χ4v) is 4.19. The van der Waals surface area contributed by atoms with Crippen LogP contribution < -0.4 is 5.32 Å². The standard InChI is InChI=1S/C24H24Cl2N4O4/c25-17-3-4-19(20(26)12-17)22-13-21(29-34-22)24(32)30(15-18-2-1-11-33-18)10-7-23(31)28-14-16-5-8-27-9-6-16/h3-6,8-9,12-13,18H,1-2,7,10-11,14-15H2,(H,28,31)/t18-/m1/s1. The van der Waals surface area contributed by atoms with Crippen molar-refractivity contribution in [3.05, 3.63) is 70.1 Å². The monoisotopic (exact) mass is 502 g/mol. The Bertz CT molecular complexity index is 1130. The predicted molar refractivity (Wildman–Crippen MR) is 128 cm³/mol. The van der Waals surface area contributed by atoms with Crippen molar-refractivity contribution in [2.45, 2.75) is 31.9 Å². The number of carbonyl (C=O) groups is 2. The molecule has 0 saturated carbocycles. The lowest BCUT2D eigenvalue weighted by molar-refractivity contribution is -0.121. The molecule has 0 unspecified atom stereocenters. The molecule has 0 radical (unpaired) electrons. The highest BCUT2D eigenvalue weighted by Gasteiger charge is 2.26. The van der Waals surface area contributed by atoms with Crippen molar-refractivity contribution in [2.24, 2.45) is 0 Å². The zero-order valence-corrected chi connectivity index (χ0v) is 19.9. The second-order valence-corrected chi connectivity index (χ2v) is 8.81.